The maximum absolute atomic E-state index is 12.8. The molecule has 0 radical (unpaired) electrons. The monoisotopic (exact) mass is 514 g/mol. The zero-order valence-corrected chi connectivity index (χ0v) is 20.1. The first-order valence-electron chi connectivity index (χ1n) is 9.03. The number of hydrogen-bond donors (Lipinski definition) is 1. The number of carbonyl (C=O) groups excluding carboxylic acids is 2. The second-order valence-electron chi connectivity index (χ2n) is 6.56. The first-order chi connectivity index (χ1) is 14.6. The molecular formula is C21H17Cl3N2O3S2. The summed E-state index contributed by atoms with van der Waals surface area (Å²) in [4.78, 5) is 26.2. The number of carbonyl (C=O) groups is 2. The summed E-state index contributed by atoms with van der Waals surface area (Å²) >= 11 is 24.2. The highest BCUT2D eigenvalue weighted by molar-refractivity contribution is 8.26. The fourth-order valence-corrected chi connectivity index (χ4v) is 4.25. The summed E-state index contributed by atoms with van der Waals surface area (Å²) in [5, 5.41) is 2.44. The fourth-order valence-electron chi connectivity index (χ4n) is 2.70. The molecule has 1 unspecified atom stereocenters. The predicted molar refractivity (Wildman–Crippen MR) is 130 cm³/mol. The van der Waals surface area contributed by atoms with Crippen molar-refractivity contribution in [1.82, 2.24) is 10.2 Å². The van der Waals surface area contributed by atoms with E-state index in [9.17, 15) is 9.59 Å². The average molecular weight is 516 g/mol. The molecular weight excluding hydrogens is 499 g/mol. The van der Waals surface area contributed by atoms with Gasteiger partial charge in [0.2, 0.25) is 15.9 Å². The lowest BCUT2D eigenvalue weighted by atomic mass is 10.2. The van der Waals surface area contributed by atoms with Crippen LogP contribution in [0.15, 0.2) is 59.5 Å². The van der Waals surface area contributed by atoms with Crippen LogP contribution in [-0.4, -0.2) is 31.1 Å². The van der Waals surface area contributed by atoms with Crippen LogP contribution in [0.2, 0.25) is 0 Å². The van der Waals surface area contributed by atoms with E-state index in [1.807, 2.05) is 30.3 Å². The van der Waals surface area contributed by atoms with Crippen molar-refractivity contribution < 1.29 is 14.3 Å². The van der Waals surface area contributed by atoms with Crippen molar-refractivity contribution in [2.45, 2.75) is 23.5 Å². The molecule has 2 amide bonds. The number of thioether (sulfide) groups is 1. The summed E-state index contributed by atoms with van der Waals surface area (Å²) in [6.07, 6.45) is 0.601. The zero-order chi connectivity index (χ0) is 22.6. The Bertz CT molecular complexity index is 1010. The van der Waals surface area contributed by atoms with E-state index in [1.54, 1.807) is 35.2 Å². The molecule has 0 spiro atoms. The molecule has 10 heteroatoms. The molecule has 2 aromatic rings. The molecule has 31 heavy (non-hydrogen) atoms. The van der Waals surface area contributed by atoms with Crippen LogP contribution in [0, 0.1) is 0 Å². The van der Waals surface area contributed by atoms with Crippen molar-refractivity contribution in [3.05, 3.63) is 70.6 Å². The summed E-state index contributed by atoms with van der Waals surface area (Å²) < 4.78 is 4.25. The van der Waals surface area contributed by atoms with E-state index in [2.05, 4.69) is 5.32 Å². The molecule has 5 nitrogen and oxygen atoms in total. The second kappa shape index (κ2) is 10.2. The van der Waals surface area contributed by atoms with Crippen LogP contribution in [0.5, 0.6) is 5.75 Å². The minimum Gasteiger partial charge on any atom is -0.466 e. The van der Waals surface area contributed by atoms with Gasteiger partial charge in [0.1, 0.15) is 10.1 Å². The molecule has 0 aliphatic carbocycles. The second-order valence-corrected chi connectivity index (χ2v) is 10.6. The van der Waals surface area contributed by atoms with E-state index in [4.69, 9.17) is 51.8 Å². The summed E-state index contributed by atoms with van der Waals surface area (Å²) in [7, 11) is 0. The quantitative estimate of drug-likeness (QED) is 0.245. The van der Waals surface area contributed by atoms with Gasteiger partial charge < -0.3 is 10.1 Å². The summed E-state index contributed by atoms with van der Waals surface area (Å²) in [6, 6.07) is 16.5. The lowest BCUT2D eigenvalue weighted by Gasteiger charge is -2.25. The average Bonchev–Trinajstić information content (AvgIpc) is 2.96. The molecule has 2 aromatic carbocycles. The molecule has 1 saturated heterocycles. The van der Waals surface area contributed by atoms with Crippen molar-refractivity contribution >= 4 is 81.0 Å². The summed E-state index contributed by atoms with van der Waals surface area (Å²) in [5.41, 5.74) is 1.78. The standard InChI is InChI=1S/C21H17Cl3N2O3S2/c1-13(27)25-19(21(22,23)24)29-16-9-7-14(8-10-16)11-17-18(28)26(20(30)31-17)12-15-5-3-2-4-6-15/h2-11,19H,12H2,1H3,(H,25,27)/b17-11+. The minimum absolute atomic E-state index is 0.138. The predicted octanol–water partition coefficient (Wildman–Crippen LogP) is 5.30. The van der Waals surface area contributed by atoms with Gasteiger partial charge in [-0.2, -0.15) is 0 Å². The van der Waals surface area contributed by atoms with Gasteiger partial charge in [0, 0.05) is 6.92 Å². The Balaban J connectivity index is 1.70. The Morgan fingerprint density at radius 2 is 1.84 bits per heavy atom. The first-order valence-corrected chi connectivity index (χ1v) is 11.4. The van der Waals surface area contributed by atoms with Crippen LogP contribution in [0.3, 0.4) is 0 Å². The third-order valence-corrected chi connectivity index (χ3v) is 6.09. The highest BCUT2D eigenvalue weighted by Crippen LogP contribution is 2.34. The van der Waals surface area contributed by atoms with Gasteiger partial charge in [0.25, 0.3) is 5.91 Å². The van der Waals surface area contributed by atoms with Crippen molar-refractivity contribution in [2.24, 2.45) is 0 Å². The molecule has 1 aliphatic rings. The number of halogens is 3. The van der Waals surface area contributed by atoms with Gasteiger partial charge in [-0.05, 0) is 29.3 Å². The number of benzene rings is 2. The van der Waals surface area contributed by atoms with Gasteiger partial charge in [-0.3, -0.25) is 14.5 Å². The van der Waals surface area contributed by atoms with Crippen LogP contribution < -0.4 is 10.1 Å². The number of nitrogens with zero attached hydrogens (tertiary/aromatic N) is 1. The van der Waals surface area contributed by atoms with E-state index >= 15 is 0 Å². The van der Waals surface area contributed by atoms with Gasteiger partial charge in [-0.1, -0.05) is 101 Å². The minimum atomic E-state index is -1.85. The van der Waals surface area contributed by atoms with Crippen LogP contribution in [0.25, 0.3) is 6.08 Å². The number of rotatable bonds is 6. The van der Waals surface area contributed by atoms with E-state index in [-0.39, 0.29) is 5.91 Å². The smallest absolute Gasteiger partial charge is 0.266 e. The Morgan fingerprint density at radius 1 is 1.19 bits per heavy atom. The van der Waals surface area contributed by atoms with Gasteiger partial charge in [0.05, 0.1) is 11.4 Å². The van der Waals surface area contributed by atoms with Gasteiger partial charge in [0.15, 0.2) is 0 Å². The molecule has 1 atom stereocenters. The molecule has 3 rings (SSSR count). The molecule has 0 saturated carbocycles. The normalized spacial score (nSPS) is 16.5. The largest absolute Gasteiger partial charge is 0.466 e. The van der Waals surface area contributed by atoms with Crippen LogP contribution in [0.4, 0.5) is 0 Å². The zero-order valence-electron chi connectivity index (χ0n) is 16.2. The SMILES string of the molecule is CC(=O)NC(Oc1ccc(/C=C2/SC(=S)N(Cc3ccccc3)C2=O)cc1)C(Cl)(Cl)Cl. The number of nitrogens with one attached hydrogen (secondary N) is 1. The topological polar surface area (TPSA) is 58.6 Å². The maximum atomic E-state index is 12.8. The lowest BCUT2D eigenvalue weighted by Crippen LogP contribution is -2.47. The molecule has 162 valence electrons. The molecule has 1 N–H and O–H groups in total. The molecule has 0 bridgehead atoms. The van der Waals surface area contributed by atoms with Gasteiger partial charge in [-0.25, -0.2) is 0 Å². The van der Waals surface area contributed by atoms with Crippen LogP contribution in [-0.2, 0) is 16.1 Å². The lowest BCUT2D eigenvalue weighted by molar-refractivity contribution is -0.123. The summed E-state index contributed by atoms with van der Waals surface area (Å²) in [5.74, 6) is -0.148. The van der Waals surface area contributed by atoms with Crippen molar-refractivity contribution in [3.8, 4) is 5.75 Å². The molecule has 0 aromatic heterocycles. The molecule has 1 heterocycles. The highest BCUT2D eigenvalue weighted by Gasteiger charge is 2.35. The Labute approximate surface area is 204 Å². The van der Waals surface area contributed by atoms with E-state index in [1.165, 1.54) is 18.7 Å². The number of ether oxygens (including phenoxy) is 1. The maximum Gasteiger partial charge on any atom is 0.266 e. The van der Waals surface area contributed by atoms with Crippen molar-refractivity contribution in [1.29, 1.82) is 0 Å². The Morgan fingerprint density at radius 3 is 2.42 bits per heavy atom. The fraction of sp³-hybridized carbons (Fsp3) is 0.190. The first kappa shape index (κ1) is 23.9. The van der Waals surface area contributed by atoms with Crippen LogP contribution >= 0.6 is 58.8 Å². The Kier molecular flexibility index (Phi) is 7.88. The van der Waals surface area contributed by atoms with Crippen molar-refractivity contribution in [2.75, 3.05) is 0 Å². The molecule has 1 fully saturated rings. The highest BCUT2D eigenvalue weighted by atomic mass is 35.6. The third-order valence-electron chi connectivity index (χ3n) is 4.12. The third kappa shape index (κ3) is 6.60. The number of thiocarbonyl (C=S) groups is 1. The Hall–Kier alpha value is -1.77. The van der Waals surface area contributed by atoms with Crippen molar-refractivity contribution in [3.63, 3.8) is 0 Å². The van der Waals surface area contributed by atoms with Gasteiger partial charge in [-0.15, -0.1) is 0 Å². The van der Waals surface area contributed by atoms with Crippen LogP contribution in [0.1, 0.15) is 18.1 Å². The molecule has 1 aliphatic heterocycles. The number of hydrogen-bond acceptors (Lipinski definition) is 5. The van der Waals surface area contributed by atoms with E-state index in [0.717, 1.165) is 11.1 Å². The number of amides is 2. The van der Waals surface area contributed by atoms with E-state index < -0.39 is 15.9 Å². The number of alkyl halides is 3. The van der Waals surface area contributed by atoms with E-state index in [0.29, 0.717) is 21.5 Å². The summed E-state index contributed by atoms with van der Waals surface area (Å²) in [6.45, 7) is 1.72. The van der Waals surface area contributed by atoms with Gasteiger partial charge >= 0.3 is 0 Å².